The summed E-state index contributed by atoms with van der Waals surface area (Å²) < 4.78 is 5.08. The van der Waals surface area contributed by atoms with Crippen molar-refractivity contribution in [1.82, 2.24) is 15.1 Å². The number of hydrogen-bond acceptors (Lipinski definition) is 6. The molecule has 1 fully saturated rings. The topological polar surface area (TPSA) is 84.4 Å². The molecular formula is C15H24N4O3S. The summed E-state index contributed by atoms with van der Waals surface area (Å²) in [4.78, 5) is 26.1. The maximum absolute atomic E-state index is 12.4. The molecule has 0 aliphatic carbocycles. The first-order chi connectivity index (χ1) is 10.7. The number of aromatic nitrogens is 2. The van der Waals surface area contributed by atoms with Gasteiger partial charge in [-0.15, -0.1) is 10.2 Å². The van der Waals surface area contributed by atoms with Crippen LogP contribution >= 0.6 is 11.3 Å². The molecule has 7 nitrogen and oxygen atoms in total. The van der Waals surface area contributed by atoms with E-state index in [1.807, 2.05) is 27.7 Å². The van der Waals surface area contributed by atoms with Crippen LogP contribution in [0.4, 0.5) is 5.13 Å². The zero-order chi connectivity index (χ0) is 17.2. The van der Waals surface area contributed by atoms with Crippen molar-refractivity contribution in [3.8, 4) is 0 Å². The van der Waals surface area contributed by atoms with Crippen molar-refractivity contribution >= 4 is 28.3 Å². The molecule has 0 aromatic carbocycles. The third-order valence-electron chi connectivity index (χ3n) is 3.77. The maximum Gasteiger partial charge on any atom is 0.231 e. The van der Waals surface area contributed by atoms with E-state index in [4.69, 9.17) is 4.74 Å². The Morgan fingerprint density at radius 2 is 2.17 bits per heavy atom. The van der Waals surface area contributed by atoms with Crippen LogP contribution in [0.3, 0.4) is 0 Å². The van der Waals surface area contributed by atoms with E-state index in [-0.39, 0.29) is 35.6 Å². The summed E-state index contributed by atoms with van der Waals surface area (Å²) in [6.07, 6.45) is 0.227. The average molecular weight is 340 g/mol. The summed E-state index contributed by atoms with van der Waals surface area (Å²) in [5, 5.41) is 12.3. The van der Waals surface area contributed by atoms with Crippen LogP contribution in [-0.2, 0) is 19.7 Å². The standard InChI is InChI=1S/C15H24N4O3S/c1-9(8-22-5)19-7-10(6-11(19)20)12(21)16-14-18-17-13(23-14)15(2,3)4/h9-10H,6-8H2,1-5H3,(H,16,18,21)/t9-,10-/m1/s1. The fourth-order valence-electron chi connectivity index (χ4n) is 2.45. The number of carbonyl (C=O) groups is 2. The lowest BCUT2D eigenvalue weighted by molar-refractivity contribution is -0.130. The van der Waals surface area contributed by atoms with Gasteiger partial charge >= 0.3 is 0 Å². The summed E-state index contributed by atoms with van der Waals surface area (Å²) in [7, 11) is 1.60. The SMILES string of the molecule is COC[C@@H](C)N1C[C@H](C(=O)Nc2nnc(C(C)(C)C)s2)CC1=O. The predicted molar refractivity (Wildman–Crippen MR) is 88.4 cm³/mol. The Morgan fingerprint density at radius 1 is 1.48 bits per heavy atom. The Kier molecular flexibility index (Phi) is 5.36. The molecule has 0 bridgehead atoms. The van der Waals surface area contributed by atoms with E-state index in [1.165, 1.54) is 11.3 Å². The van der Waals surface area contributed by atoms with Crippen molar-refractivity contribution in [2.45, 2.75) is 45.6 Å². The van der Waals surface area contributed by atoms with Gasteiger partial charge in [-0.25, -0.2) is 0 Å². The van der Waals surface area contributed by atoms with Gasteiger partial charge in [0.25, 0.3) is 0 Å². The molecule has 2 rings (SSSR count). The lowest BCUT2D eigenvalue weighted by Crippen LogP contribution is -2.38. The van der Waals surface area contributed by atoms with Crippen LogP contribution in [0.5, 0.6) is 0 Å². The second-order valence-corrected chi connectivity index (χ2v) is 7.88. The van der Waals surface area contributed by atoms with Crippen LogP contribution in [0.15, 0.2) is 0 Å². The van der Waals surface area contributed by atoms with Crippen LogP contribution in [0, 0.1) is 5.92 Å². The number of nitrogens with one attached hydrogen (secondary N) is 1. The second-order valence-electron chi connectivity index (χ2n) is 6.90. The molecule has 0 radical (unpaired) electrons. The lowest BCUT2D eigenvalue weighted by Gasteiger charge is -2.23. The highest BCUT2D eigenvalue weighted by atomic mass is 32.1. The normalized spacial score (nSPS) is 20.0. The Balaban J connectivity index is 1.97. The number of anilines is 1. The molecule has 0 spiro atoms. The number of amides is 2. The van der Waals surface area contributed by atoms with E-state index >= 15 is 0 Å². The largest absolute Gasteiger partial charge is 0.383 e. The zero-order valence-corrected chi connectivity index (χ0v) is 15.1. The summed E-state index contributed by atoms with van der Waals surface area (Å²) in [5.74, 6) is -0.548. The minimum absolute atomic E-state index is 0.0117. The van der Waals surface area contributed by atoms with E-state index in [0.717, 1.165) is 5.01 Å². The number of methoxy groups -OCH3 is 1. The van der Waals surface area contributed by atoms with Crippen LogP contribution in [0.25, 0.3) is 0 Å². The fraction of sp³-hybridized carbons (Fsp3) is 0.733. The number of hydrogen-bond donors (Lipinski definition) is 1. The van der Waals surface area contributed by atoms with Gasteiger partial charge in [0.15, 0.2) is 0 Å². The lowest BCUT2D eigenvalue weighted by atomic mass is 9.98. The summed E-state index contributed by atoms with van der Waals surface area (Å²) in [6.45, 7) is 8.94. The Labute approximate surface area is 140 Å². The summed E-state index contributed by atoms with van der Waals surface area (Å²) in [6, 6.07) is -0.0284. The highest BCUT2D eigenvalue weighted by molar-refractivity contribution is 7.15. The molecule has 2 heterocycles. The summed E-state index contributed by atoms with van der Waals surface area (Å²) >= 11 is 1.37. The van der Waals surface area contributed by atoms with Crippen molar-refractivity contribution in [3.05, 3.63) is 5.01 Å². The van der Waals surface area contributed by atoms with Gasteiger partial charge in [-0.3, -0.25) is 9.59 Å². The van der Waals surface area contributed by atoms with Crippen molar-refractivity contribution in [1.29, 1.82) is 0 Å². The molecule has 128 valence electrons. The Hall–Kier alpha value is -1.54. The minimum atomic E-state index is -0.358. The molecule has 1 aromatic rings. The van der Waals surface area contributed by atoms with Crippen molar-refractivity contribution in [2.75, 3.05) is 25.6 Å². The fourth-order valence-corrected chi connectivity index (χ4v) is 3.25. The molecule has 1 N–H and O–H groups in total. The quantitative estimate of drug-likeness (QED) is 0.881. The van der Waals surface area contributed by atoms with Gasteiger partial charge < -0.3 is 15.0 Å². The van der Waals surface area contributed by atoms with Crippen LogP contribution < -0.4 is 5.32 Å². The van der Waals surface area contributed by atoms with Crippen LogP contribution in [0.1, 0.15) is 39.1 Å². The van der Waals surface area contributed by atoms with Gasteiger partial charge in [0.2, 0.25) is 16.9 Å². The molecule has 23 heavy (non-hydrogen) atoms. The van der Waals surface area contributed by atoms with E-state index in [1.54, 1.807) is 12.0 Å². The van der Waals surface area contributed by atoms with Crippen molar-refractivity contribution in [2.24, 2.45) is 5.92 Å². The first kappa shape index (κ1) is 17.8. The molecule has 1 aliphatic heterocycles. The van der Waals surface area contributed by atoms with Gasteiger partial charge in [0.05, 0.1) is 18.6 Å². The molecule has 1 saturated heterocycles. The molecule has 8 heteroatoms. The monoisotopic (exact) mass is 340 g/mol. The zero-order valence-electron chi connectivity index (χ0n) is 14.3. The van der Waals surface area contributed by atoms with Gasteiger partial charge in [-0.2, -0.15) is 0 Å². The van der Waals surface area contributed by atoms with Crippen LogP contribution in [-0.4, -0.2) is 53.2 Å². The first-order valence-corrected chi connectivity index (χ1v) is 8.47. The van der Waals surface area contributed by atoms with Gasteiger partial charge in [-0.05, 0) is 6.92 Å². The third kappa shape index (κ3) is 4.26. The van der Waals surface area contributed by atoms with Crippen molar-refractivity contribution in [3.63, 3.8) is 0 Å². The molecular weight excluding hydrogens is 316 g/mol. The summed E-state index contributed by atoms with van der Waals surface area (Å²) in [5.41, 5.74) is -0.101. The molecule has 2 amide bonds. The van der Waals surface area contributed by atoms with Crippen molar-refractivity contribution < 1.29 is 14.3 Å². The minimum Gasteiger partial charge on any atom is -0.383 e. The number of carbonyl (C=O) groups excluding carboxylic acids is 2. The van der Waals surface area contributed by atoms with Gasteiger partial charge in [-0.1, -0.05) is 32.1 Å². The molecule has 1 aromatic heterocycles. The predicted octanol–water partition coefficient (Wildman–Crippen LogP) is 1.66. The number of ether oxygens (including phenoxy) is 1. The van der Waals surface area contributed by atoms with E-state index < -0.39 is 0 Å². The smallest absolute Gasteiger partial charge is 0.231 e. The molecule has 0 unspecified atom stereocenters. The van der Waals surface area contributed by atoms with Crippen LogP contribution in [0.2, 0.25) is 0 Å². The highest BCUT2D eigenvalue weighted by Crippen LogP contribution is 2.28. The Bertz CT molecular complexity index is 582. The first-order valence-electron chi connectivity index (χ1n) is 7.65. The number of rotatable bonds is 5. The third-order valence-corrected chi connectivity index (χ3v) is 5.03. The van der Waals surface area contributed by atoms with Gasteiger partial charge in [0, 0.05) is 25.5 Å². The van der Waals surface area contributed by atoms with E-state index in [9.17, 15) is 9.59 Å². The average Bonchev–Trinajstić information content (AvgIpc) is 3.05. The maximum atomic E-state index is 12.4. The second kappa shape index (κ2) is 6.92. The molecule has 0 saturated carbocycles. The van der Waals surface area contributed by atoms with E-state index in [2.05, 4.69) is 15.5 Å². The molecule has 1 aliphatic rings. The Morgan fingerprint density at radius 3 is 2.74 bits per heavy atom. The number of nitrogens with zero attached hydrogens (tertiary/aromatic N) is 3. The molecule has 2 atom stereocenters. The number of likely N-dealkylation sites (tertiary alicyclic amines) is 1. The van der Waals surface area contributed by atoms with E-state index in [0.29, 0.717) is 18.3 Å². The highest BCUT2D eigenvalue weighted by Gasteiger charge is 2.37. The van der Waals surface area contributed by atoms with Gasteiger partial charge in [0.1, 0.15) is 5.01 Å².